The highest BCUT2D eigenvalue weighted by atomic mass is 32.1. The smallest absolute Gasteiger partial charge is 0.0423 e. The van der Waals surface area contributed by atoms with Crippen LogP contribution in [0.2, 0.25) is 0 Å². The lowest BCUT2D eigenvalue weighted by molar-refractivity contribution is 1.50. The fourth-order valence-corrected chi connectivity index (χ4v) is 3.11. The molecule has 0 aliphatic carbocycles. The van der Waals surface area contributed by atoms with Gasteiger partial charge in [0.15, 0.2) is 0 Å². The first-order valence-corrected chi connectivity index (χ1v) is 6.26. The van der Waals surface area contributed by atoms with Crippen molar-refractivity contribution in [3.05, 3.63) is 59.5 Å². The fraction of sp³-hybridized carbons (Fsp3) is 0.0667. The second kappa shape index (κ2) is 3.76. The average molecular weight is 224 g/mol. The van der Waals surface area contributed by atoms with Crippen molar-refractivity contribution < 1.29 is 0 Å². The van der Waals surface area contributed by atoms with E-state index in [1.54, 1.807) is 0 Å². The number of rotatable bonds is 1. The van der Waals surface area contributed by atoms with Gasteiger partial charge in [-0.15, -0.1) is 11.3 Å². The summed E-state index contributed by atoms with van der Waals surface area (Å²) in [5.41, 5.74) is 4.04. The van der Waals surface area contributed by atoms with Gasteiger partial charge in [0.1, 0.15) is 0 Å². The van der Waals surface area contributed by atoms with Gasteiger partial charge in [0.2, 0.25) is 0 Å². The Balaban J connectivity index is 2.38. The van der Waals surface area contributed by atoms with E-state index in [0.717, 1.165) is 0 Å². The molecule has 0 spiro atoms. The van der Waals surface area contributed by atoms with Crippen molar-refractivity contribution in [2.24, 2.45) is 0 Å². The lowest BCUT2D eigenvalue weighted by Gasteiger charge is -2.07. The van der Waals surface area contributed by atoms with Crippen molar-refractivity contribution >= 4 is 21.4 Å². The molecule has 78 valence electrons. The first-order valence-electron chi connectivity index (χ1n) is 5.38. The van der Waals surface area contributed by atoms with Crippen LogP contribution >= 0.6 is 11.3 Å². The van der Waals surface area contributed by atoms with E-state index >= 15 is 0 Å². The van der Waals surface area contributed by atoms with Gasteiger partial charge >= 0.3 is 0 Å². The molecule has 1 heterocycles. The Labute approximate surface area is 99.2 Å². The molecule has 0 unspecified atom stereocenters. The highest BCUT2D eigenvalue weighted by Crippen LogP contribution is 2.34. The van der Waals surface area contributed by atoms with Crippen molar-refractivity contribution in [1.29, 1.82) is 0 Å². The Bertz CT molecular complexity index is 620. The van der Waals surface area contributed by atoms with E-state index in [4.69, 9.17) is 0 Å². The van der Waals surface area contributed by atoms with Gasteiger partial charge in [0.25, 0.3) is 0 Å². The summed E-state index contributed by atoms with van der Waals surface area (Å²) in [5.74, 6) is 0. The van der Waals surface area contributed by atoms with Gasteiger partial charge in [0, 0.05) is 10.3 Å². The molecule has 16 heavy (non-hydrogen) atoms. The topological polar surface area (TPSA) is 0 Å². The Hall–Kier alpha value is -1.60. The summed E-state index contributed by atoms with van der Waals surface area (Å²) in [4.78, 5) is 0. The van der Waals surface area contributed by atoms with Crippen LogP contribution in [-0.2, 0) is 0 Å². The van der Waals surface area contributed by atoms with Crippen LogP contribution in [0.25, 0.3) is 21.2 Å². The summed E-state index contributed by atoms with van der Waals surface area (Å²) in [6.07, 6.45) is 0. The highest BCUT2D eigenvalue weighted by molar-refractivity contribution is 7.17. The van der Waals surface area contributed by atoms with E-state index in [9.17, 15) is 0 Å². The first kappa shape index (κ1) is 9.61. The summed E-state index contributed by atoms with van der Waals surface area (Å²) in [6.45, 7) is 2.18. The van der Waals surface area contributed by atoms with E-state index in [1.165, 1.54) is 26.8 Å². The van der Waals surface area contributed by atoms with Gasteiger partial charge in [-0.3, -0.25) is 0 Å². The predicted octanol–water partition coefficient (Wildman–Crippen LogP) is 4.88. The van der Waals surface area contributed by atoms with Crippen LogP contribution in [0.3, 0.4) is 0 Å². The normalized spacial score (nSPS) is 10.8. The Morgan fingerprint density at radius 1 is 0.875 bits per heavy atom. The van der Waals surface area contributed by atoms with E-state index in [2.05, 4.69) is 60.8 Å². The first-order chi connectivity index (χ1) is 7.86. The van der Waals surface area contributed by atoms with Crippen LogP contribution in [0.4, 0.5) is 0 Å². The average Bonchev–Trinajstić information content (AvgIpc) is 2.78. The minimum Gasteiger partial charge on any atom is -0.143 e. The van der Waals surface area contributed by atoms with Crippen LogP contribution in [-0.4, -0.2) is 0 Å². The molecular weight excluding hydrogens is 212 g/mol. The molecule has 0 amide bonds. The van der Waals surface area contributed by atoms with Crippen molar-refractivity contribution in [1.82, 2.24) is 0 Å². The zero-order valence-corrected chi connectivity index (χ0v) is 9.92. The van der Waals surface area contributed by atoms with Crippen LogP contribution in [0, 0.1) is 6.92 Å². The van der Waals surface area contributed by atoms with Crippen LogP contribution in [0.1, 0.15) is 5.56 Å². The summed E-state index contributed by atoms with van der Waals surface area (Å²) in [6, 6.07) is 17.2. The van der Waals surface area contributed by atoms with E-state index in [1.807, 2.05) is 11.3 Å². The molecule has 0 saturated heterocycles. The Kier molecular flexibility index (Phi) is 2.26. The predicted molar refractivity (Wildman–Crippen MR) is 72.0 cm³/mol. The zero-order chi connectivity index (χ0) is 11.0. The second-order valence-corrected chi connectivity index (χ2v) is 4.88. The van der Waals surface area contributed by atoms with Gasteiger partial charge < -0.3 is 0 Å². The minimum absolute atomic E-state index is 1.31. The molecule has 0 saturated carbocycles. The SMILES string of the molecule is Cc1ccc2ccsc2c1-c1ccccc1. The van der Waals surface area contributed by atoms with Crippen LogP contribution in [0.15, 0.2) is 53.9 Å². The minimum atomic E-state index is 1.31. The van der Waals surface area contributed by atoms with Gasteiger partial charge in [-0.05, 0) is 34.9 Å². The Morgan fingerprint density at radius 3 is 2.50 bits per heavy atom. The van der Waals surface area contributed by atoms with Crippen LogP contribution in [0.5, 0.6) is 0 Å². The summed E-state index contributed by atoms with van der Waals surface area (Å²) < 4.78 is 1.39. The maximum atomic E-state index is 2.21. The number of benzene rings is 2. The molecule has 1 heteroatoms. The number of hydrogen-bond donors (Lipinski definition) is 0. The third-order valence-corrected chi connectivity index (χ3v) is 3.84. The number of fused-ring (bicyclic) bond motifs is 1. The lowest BCUT2D eigenvalue weighted by atomic mass is 9.99. The fourth-order valence-electron chi connectivity index (χ4n) is 2.09. The molecule has 1 aromatic heterocycles. The monoisotopic (exact) mass is 224 g/mol. The maximum absolute atomic E-state index is 2.21. The van der Waals surface area contributed by atoms with Crippen molar-refractivity contribution in [3.8, 4) is 11.1 Å². The van der Waals surface area contributed by atoms with Crippen molar-refractivity contribution in [2.45, 2.75) is 6.92 Å². The van der Waals surface area contributed by atoms with Gasteiger partial charge in [-0.25, -0.2) is 0 Å². The molecular formula is C15H12S. The van der Waals surface area contributed by atoms with Crippen molar-refractivity contribution in [2.75, 3.05) is 0 Å². The molecule has 0 aliphatic heterocycles. The van der Waals surface area contributed by atoms with Crippen LogP contribution < -0.4 is 0 Å². The molecule has 0 fully saturated rings. The molecule has 0 N–H and O–H groups in total. The molecule has 0 bridgehead atoms. The van der Waals surface area contributed by atoms with E-state index in [0.29, 0.717) is 0 Å². The summed E-state index contributed by atoms with van der Waals surface area (Å²) in [7, 11) is 0. The van der Waals surface area contributed by atoms with Gasteiger partial charge in [0.05, 0.1) is 0 Å². The van der Waals surface area contributed by atoms with E-state index < -0.39 is 0 Å². The third-order valence-electron chi connectivity index (χ3n) is 2.89. The largest absolute Gasteiger partial charge is 0.143 e. The Morgan fingerprint density at radius 2 is 1.69 bits per heavy atom. The third kappa shape index (κ3) is 1.44. The number of hydrogen-bond acceptors (Lipinski definition) is 1. The number of thiophene rings is 1. The summed E-state index contributed by atoms with van der Waals surface area (Å²) in [5, 5.41) is 3.51. The second-order valence-electron chi connectivity index (χ2n) is 3.96. The molecule has 0 radical (unpaired) electrons. The highest BCUT2D eigenvalue weighted by Gasteiger charge is 2.07. The molecule has 0 aliphatic rings. The maximum Gasteiger partial charge on any atom is 0.0423 e. The molecule has 0 atom stereocenters. The molecule has 3 rings (SSSR count). The van der Waals surface area contributed by atoms with E-state index in [-0.39, 0.29) is 0 Å². The van der Waals surface area contributed by atoms with Gasteiger partial charge in [-0.2, -0.15) is 0 Å². The molecule has 3 aromatic rings. The standard InChI is InChI=1S/C15H12S/c1-11-7-8-13-9-10-16-15(13)14(11)12-5-3-2-4-6-12/h2-10H,1H3. The summed E-state index contributed by atoms with van der Waals surface area (Å²) >= 11 is 1.82. The van der Waals surface area contributed by atoms with Gasteiger partial charge in [-0.1, -0.05) is 42.5 Å². The zero-order valence-electron chi connectivity index (χ0n) is 9.10. The molecule has 2 aromatic carbocycles. The quantitative estimate of drug-likeness (QED) is 0.553. The lowest BCUT2D eigenvalue weighted by Crippen LogP contribution is -1.82. The molecule has 0 nitrogen and oxygen atoms in total. The number of aryl methyl sites for hydroxylation is 1. The van der Waals surface area contributed by atoms with Crippen molar-refractivity contribution in [3.63, 3.8) is 0 Å².